The summed E-state index contributed by atoms with van der Waals surface area (Å²) in [6.07, 6.45) is 0.950. The monoisotopic (exact) mass is 543 g/mol. The van der Waals surface area contributed by atoms with E-state index < -0.39 is 18.0 Å². The van der Waals surface area contributed by atoms with Gasteiger partial charge in [-0.05, 0) is 54.1 Å². The molecule has 3 amide bonds. The van der Waals surface area contributed by atoms with Gasteiger partial charge in [-0.15, -0.1) is 0 Å². The second-order valence-corrected chi connectivity index (χ2v) is 9.49. The molecular formula is C30H26ClN3O5. The highest BCUT2D eigenvalue weighted by molar-refractivity contribution is 6.30. The van der Waals surface area contributed by atoms with E-state index in [1.54, 1.807) is 59.7 Å². The largest absolute Gasteiger partial charge is 0.464 e. The van der Waals surface area contributed by atoms with E-state index in [4.69, 9.17) is 20.8 Å². The summed E-state index contributed by atoms with van der Waals surface area (Å²) >= 11 is 5.97. The molecule has 8 nitrogen and oxygen atoms in total. The molecule has 4 aromatic rings. The van der Waals surface area contributed by atoms with Crippen LogP contribution in [0.2, 0.25) is 5.02 Å². The zero-order chi connectivity index (χ0) is 27.2. The van der Waals surface area contributed by atoms with E-state index in [1.807, 2.05) is 42.5 Å². The van der Waals surface area contributed by atoms with Gasteiger partial charge in [0.05, 0.1) is 12.8 Å². The van der Waals surface area contributed by atoms with Gasteiger partial charge >= 0.3 is 6.09 Å². The minimum Gasteiger partial charge on any atom is -0.464 e. The Kier molecular flexibility index (Phi) is 7.94. The number of nitrogens with zero attached hydrogens (tertiary/aromatic N) is 2. The van der Waals surface area contributed by atoms with Crippen LogP contribution in [0.1, 0.15) is 15.9 Å². The van der Waals surface area contributed by atoms with Crippen LogP contribution in [0.15, 0.2) is 102 Å². The van der Waals surface area contributed by atoms with Crippen molar-refractivity contribution < 1.29 is 23.5 Å². The summed E-state index contributed by atoms with van der Waals surface area (Å²) in [6, 6.07) is 25.7. The second kappa shape index (κ2) is 11.9. The molecule has 1 aliphatic heterocycles. The van der Waals surface area contributed by atoms with Gasteiger partial charge in [-0.3, -0.25) is 14.5 Å². The number of hydrogen-bond acceptors (Lipinski definition) is 5. The molecule has 2 heterocycles. The first-order valence-corrected chi connectivity index (χ1v) is 12.8. The van der Waals surface area contributed by atoms with E-state index in [2.05, 4.69) is 5.32 Å². The van der Waals surface area contributed by atoms with E-state index in [9.17, 15) is 14.4 Å². The number of furan rings is 1. The maximum atomic E-state index is 13.5. The maximum absolute atomic E-state index is 13.5. The number of carbonyl (C=O) groups excluding carboxylic acids is 3. The van der Waals surface area contributed by atoms with Crippen LogP contribution in [-0.4, -0.2) is 53.4 Å². The number of anilines is 1. The number of hydrogen-bond donors (Lipinski definition) is 1. The summed E-state index contributed by atoms with van der Waals surface area (Å²) < 4.78 is 11.0. The molecule has 1 N–H and O–H groups in total. The molecular weight excluding hydrogens is 518 g/mol. The third-order valence-corrected chi connectivity index (χ3v) is 6.69. The Morgan fingerprint density at radius 2 is 1.72 bits per heavy atom. The highest BCUT2D eigenvalue weighted by Crippen LogP contribution is 2.23. The summed E-state index contributed by atoms with van der Waals surface area (Å²) in [5.41, 5.74) is 2.58. The Hall–Kier alpha value is -4.56. The van der Waals surface area contributed by atoms with Crippen molar-refractivity contribution in [3.05, 3.63) is 113 Å². The lowest BCUT2D eigenvalue weighted by atomic mass is 10.1. The zero-order valence-electron chi connectivity index (χ0n) is 21.0. The smallest absolute Gasteiger partial charge is 0.410 e. The van der Waals surface area contributed by atoms with Crippen molar-refractivity contribution in [3.63, 3.8) is 0 Å². The van der Waals surface area contributed by atoms with Gasteiger partial charge in [-0.2, -0.15) is 0 Å². The SMILES string of the molecule is O=C(Nc1ccc(Cl)cc1)C1CN(C(=O)c2cccc(-c3ccco3)c2)CCN1C(=O)OCc1ccccc1. The molecule has 0 saturated carbocycles. The van der Waals surface area contributed by atoms with Crippen molar-refractivity contribution in [2.45, 2.75) is 12.6 Å². The van der Waals surface area contributed by atoms with Gasteiger partial charge in [0.2, 0.25) is 5.91 Å². The number of ether oxygens (including phenoxy) is 1. The maximum Gasteiger partial charge on any atom is 0.410 e. The van der Waals surface area contributed by atoms with Gasteiger partial charge in [0.25, 0.3) is 5.91 Å². The number of halogens is 1. The van der Waals surface area contributed by atoms with Crippen LogP contribution in [0.5, 0.6) is 0 Å². The lowest BCUT2D eigenvalue weighted by Crippen LogP contribution is -2.60. The number of rotatable bonds is 6. The average molecular weight is 544 g/mol. The van der Waals surface area contributed by atoms with E-state index in [-0.39, 0.29) is 32.1 Å². The normalized spacial score (nSPS) is 15.1. The molecule has 1 saturated heterocycles. The number of piperazine rings is 1. The molecule has 0 aliphatic carbocycles. The van der Waals surface area contributed by atoms with Gasteiger partial charge in [0.1, 0.15) is 18.4 Å². The van der Waals surface area contributed by atoms with Crippen LogP contribution in [0.3, 0.4) is 0 Å². The van der Waals surface area contributed by atoms with Gasteiger partial charge in [-0.1, -0.05) is 54.1 Å². The Bertz CT molecular complexity index is 1440. The second-order valence-electron chi connectivity index (χ2n) is 9.05. The Morgan fingerprint density at radius 3 is 2.46 bits per heavy atom. The predicted octanol–water partition coefficient (Wildman–Crippen LogP) is 5.70. The van der Waals surface area contributed by atoms with E-state index in [1.165, 1.54) is 4.90 Å². The Morgan fingerprint density at radius 1 is 0.923 bits per heavy atom. The molecule has 5 rings (SSSR count). The summed E-state index contributed by atoms with van der Waals surface area (Å²) in [6.45, 7) is 0.457. The molecule has 1 aromatic heterocycles. The fraction of sp³-hybridized carbons (Fsp3) is 0.167. The predicted molar refractivity (Wildman–Crippen MR) is 147 cm³/mol. The van der Waals surface area contributed by atoms with E-state index in [0.29, 0.717) is 22.0 Å². The first-order chi connectivity index (χ1) is 19.0. The zero-order valence-corrected chi connectivity index (χ0v) is 21.7. The molecule has 9 heteroatoms. The third kappa shape index (κ3) is 6.30. The topological polar surface area (TPSA) is 92.1 Å². The molecule has 1 atom stereocenters. The van der Waals surface area contributed by atoms with E-state index >= 15 is 0 Å². The van der Waals surface area contributed by atoms with Gasteiger partial charge < -0.3 is 19.4 Å². The molecule has 3 aromatic carbocycles. The molecule has 198 valence electrons. The van der Waals surface area contributed by atoms with Gasteiger partial charge in [0.15, 0.2) is 0 Å². The Balaban J connectivity index is 1.34. The lowest BCUT2D eigenvalue weighted by Gasteiger charge is -2.39. The van der Waals surface area contributed by atoms with Crippen molar-refractivity contribution in [1.29, 1.82) is 0 Å². The lowest BCUT2D eigenvalue weighted by molar-refractivity contribution is -0.122. The van der Waals surface area contributed by atoms with Crippen molar-refractivity contribution in [2.75, 3.05) is 25.0 Å². The van der Waals surface area contributed by atoms with Crippen LogP contribution in [0.25, 0.3) is 11.3 Å². The fourth-order valence-electron chi connectivity index (χ4n) is 4.40. The highest BCUT2D eigenvalue weighted by Gasteiger charge is 2.38. The van der Waals surface area contributed by atoms with Crippen molar-refractivity contribution in [3.8, 4) is 11.3 Å². The third-order valence-electron chi connectivity index (χ3n) is 6.44. The quantitative estimate of drug-likeness (QED) is 0.337. The highest BCUT2D eigenvalue weighted by atomic mass is 35.5. The van der Waals surface area contributed by atoms with Crippen LogP contribution in [-0.2, 0) is 16.1 Å². The summed E-state index contributed by atoms with van der Waals surface area (Å²) in [7, 11) is 0. The first-order valence-electron chi connectivity index (χ1n) is 12.4. The molecule has 1 unspecified atom stereocenters. The van der Waals surface area contributed by atoms with Gasteiger partial charge in [-0.25, -0.2) is 4.79 Å². The van der Waals surface area contributed by atoms with Crippen molar-refractivity contribution in [2.24, 2.45) is 0 Å². The molecule has 0 spiro atoms. The fourth-order valence-corrected chi connectivity index (χ4v) is 4.53. The van der Waals surface area contributed by atoms with Crippen LogP contribution in [0.4, 0.5) is 10.5 Å². The van der Waals surface area contributed by atoms with Crippen molar-refractivity contribution >= 4 is 35.2 Å². The summed E-state index contributed by atoms with van der Waals surface area (Å²) in [5.74, 6) is -0.0309. The van der Waals surface area contributed by atoms with E-state index in [0.717, 1.165) is 11.1 Å². The number of carbonyl (C=O) groups is 3. The number of amides is 3. The summed E-state index contributed by atoms with van der Waals surface area (Å²) in [4.78, 5) is 42.9. The van der Waals surface area contributed by atoms with Crippen molar-refractivity contribution in [1.82, 2.24) is 9.80 Å². The Labute approximate surface area is 230 Å². The standard InChI is InChI=1S/C30H26ClN3O5/c31-24-11-13-25(14-12-24)32-28(35)26-19-33(15-16-34(26)30(37)39-20-21-6-2-1-3-7-21)29(36)23-9-4-8-22(18-23)27-10-5-17-38-27/h1-14,17-18,26H,15-16,19-20H2,(H,32,35). The minimum absolute atomic E-state index is 0.00364. The number of benzene rings is 3. The molecule has 39 heavy (non-hydrogen) atoms. The molecule has 0 radical (unpaired) electrons. The molecule has 1 fully saturated rings. The van der Waals surface area contributed by atoms with Crippen LogP contribution < -0.4 is 5.32 Å². The molecule has 0 bridgehead atoms. The summed E-state index contributed by atoms with van der Waals surface area (Å²) in [5, 5.41) is 3.36. The average Bonchev–Trinajstić information content (AvgIpc) is 3.52. The first kappa shape index (κ1) is 26.1. The van der Waals surface area contributed by atoms with Crippen LogP contribution >= 0.6 is 11.6 Å². The van der Waals surface area contributed by atoms with Crippen LogP contribution in [0, 0.1) is 0 Å². The molecule has 1 aliphatic rings. The van der Waals surface area contributed by atoms with Gasteiger partial charge in [0, 0.05) is 34.9 Å². The number of nitrogens with one attached hydrogen (secondary N) is 1. The minimum atomic E-state index is -0.963.